The fraction of sp³-hybridized carbons (Fsp3) is 0.643. The van der Waals surface area contributed by atoms with Crippen LogP contribution in [0.2, 0.25) is 0 Å². The number of aryl methyl sites for hydroxylation is 1. The maximum atomic E-state index is 4.64. The average Bonchev–Trinajstić information content (AvgIpc) is 2.88. The molecule has 4 heteroatoms. The number of rotatable bonds is 2. The van der Waals surface area contributed by atoms with Crippen LogP contribution in [0.15, 0.2) is 16.7 Å². The van der Waals surface area contributed by atoms with Crippen LogP contribution in [-0.2, 0) is 0 Å². The lowest BCUT2D eigenvalue weighted by Crippen LogP contribution is -2.36. The number of nitrogens with one attached hydrogen (secondary N) is 1. The van der Waals surface area contributed by atoms with Crippen molar-refractivity contribution in [2.24, 2.45) is 11.8 Å². The van der Waals surface area contributed by atoms with E-state index < -0.39 is 0 Å². The lowest BCUT2D eigenvalue weighted by molar-refractivity contribution is 0.441. The van der Waals surface area contributed by atoms with Crippen molar-refractivity contribution < 1.29 is 0 Å². The summed E-state index contributed by atoms with van der Waals surface area (Å²) in [5.41, 5.74) is 1.27. The van der Waals surface area contributed by atoms with Crippen molar-refractivity contribution in [3.05, 3.63) is 22.3 Å². The summed E-state index contributed by atoms with van der Waals surface area (Å²) in [5.74, 6) is 2.79. The molecule has 1 aromatic rings. The van der Waals surface area contributed by atoms with E-state index in [1.807, 2.05) is 6.20 Å². The molecule has 2 aliphatic heterocycles. The third-order valence-electron chi connectivity index (χ3n) is 4.43. The predicted molar refractivity (Wildman–Crippen MR) is 77.9 cm³/mol. The summed E-state index contributed by atoms with van der Waals surface area (Å²) in [5, 5.41) is 3.53. The average molecular weight is 310 g/mol. The summed E-state index contributed by atoms with van der Waals surface area (Å²) in [6.07, 6.45) is 3.13. The van der Waals surface area contributed by atoms with Gasteiger partial charge in [-0.15, -0.1) is 0 Å². The first-order valence-corrected chi connectivity index (χ1v) is 7.59. The van der Waals surface area contributed by atoms with Gasteiger partial charge >= 0.3 is 0 Å². The third kappa shape index (κ3) is 1.95. The van der Waals surface area contributed by atoms with Crippen LogP contribution in [0.4, 0.5) is 5.82 Å². The molecule has 98 valence electrons. The van der Waals surface area contributed by atoms with Crippen molar-refractivity contribution in [3.63, 3.8) is 0 Å². The second kappa shape index (κ2) is 4.82. The summed E-state index contributed by atoms with van der Waals surface area (Å²) in [6, 6.07) is 2.82. The normalized spacial score (nSPS) is 30.8. The molecule has 1 N–H and O–H groups in total. The number of hydrogen-bond acceptors (Lipinski definition) is 3. The van der Waals surface area contributed by atoms with E-state index in [0.29, 0.717) is 6.04 Å². The molecule has 2 aliphatic rings. The highest BCUT2D eigenvalue weighted by Gasteiger charge is 2.43. The van der Waals surface area contributed by atoms with Crippen molar-refractivity contribution in [2.75, 3.05) is 24.5 Å². The standard InChI is InChI=1S/C14H20BrN3/c1-3-13-12-7-16-5-10(12)8-18(13)14-9(2)4-11(15)6-17-14/h4,6,10,12-13,16H,3,5,7-8H2,1-2H3. The second-order valence-corrected chi connectivity index (χ2v) is 6.42. The summed E-state index contributed by atoms with van der Waals surface area (Å²) < 4.78 is 1.07. The fourth-order valence-electron chi connectivity index (χ4n) is 3.62. The number of nitrogens with zero attached hydrogens (tertiary/aromatic N) is 2. The predicted octanol–water partition coefficient (Wildman–Crippen LogP) is 2.59. The molecule has 0 aromatic carbocycles. The summed E-state index contributed by atoms with van der Waals surface area (Å²) in [7, 11) is 0. The molecule has 2 saturated heterocycles. The molecule has 3 unspecified atom stereocenters. The largest absolute Gasteiger partial charge is 0.353 e. The minimum Gasteiger partial charge on any atom is -0.353 e. The van der Waals surface area contributed by atoms with Crippen molar-refractivity contribution in [2.45, 2.75) is 26.3 Å². The maximum Gasteiger partial charge on any atom is 0.131 e. The molecule has 3 rings (SSSR count). The lowest BCUT2D eigenvalue weighted by Gasteiger charge is -2.29. The number of aromatic nitrogens is 1. The molecular formula is C14H20BrN3. The molecule has 1 aromatic heterocycles. The molecule has 0 radical (unpaired) electrons. The zero-order chi connectivity index (χ0) is 12.7. The Morgan fingerprint density at radius 3 is 3.06 bits per heavy atom. The fourth-order valence-corrected chi connectivity index (χ4v) is 4.07. The quantitative estimate of drug-likeness (QED) is 0.910. The zero-order valence-electron chi connectivity index (χ0n) is 11.0. The number of anilines is 1. The van der Waals surface area contributed by atoms with Crippen LogP contribution < -0.4 is 10.2 Å². The first kappa shape index (κ1) is 12.4. The highest BCUT2D eigenvalue weighted by Crippen LogP contribution is 2.37. The Balaban J connectivity index is 1.91. The van der Waals surface area contributed by atoms with Gasteiger partial charge in [0.25, 0.3) is 0 Å². The Hall–Kier alpha value is -0.610. The SMILES string of the molecule is CCC1C2CNCC2CN1c1ncc(Br)cc1C. The number of pyridine rings is 1. The molecule has 3 heterocycles. The summed E-state index contributed by atoms with van der Waals surface area (Å²) in [4.78, 5) is 7.18. The van der Waals surface area contributed by atoms with Gasteiger partial charge in [0, 0.05) is 36.3 Å². The highest BCUT2D eigenvalue weighted by molar-refractivity contribution is 9.10. The van der Waals surface area contributed by atoms with E-state index in [-0.39, 0.29) is 0 Å². The van der Waals surface area contributed by atoms with E-state index in [4.69, 9.17) is 0 Å². The van der Waals surface area contributed by atoms with Gasteiger partial charge in [-0.25, -0.2) is 4.98 Å². The highest BCUT2D eigenvalue weighted by atomic mass is 79.9. The van der Waals surface area contributed by atoms with Crippen LogP contribution in [-0.4, -0.2) is 30.7 Å². The van der Waals surface area contributed by atoms with Crippen LogP contribution in [0.25, 0.3) is 0 Å². The van der Waals surface area contributed by atoms with E-state index in [1.54, 1.807) is 0 Å². The van der Waals surface area contributed by atoms with Gasteiger partial charge in [-0.2, -0.15) is 0 Å². The molecule has 18 heavy (non-hydrogen) atoms. The van der Waals surface area contributed by atoms with Crippen molar-refractivity contribution >= 4 is 21.7 Å². The molecule has 3 nitrogen and oxygen atoms in total. The molecule has 0 spiro atoms. The van der Waals surface area contributed by atoms with Gasteiger partial charge in [0.05, 0.1) is 0 Å². The third-order valence-corrected chi connectivity index (χ3v) is 4.86. The van der Waals surface area contributed by atoms with E-state index in [1.165, 1.54) is 30.9 Å². The van der Waals surface area contributed by atoms with Gasteiger partial charge in [0.15, 0.2) is 0 Å². The van der Waals surface area contributed by atoms with Gasteiger partial charge in [-0.05, 0) is 52.7 Å². The van der Waals surface area contributed by atoms with E-state index in [2.05, 4.69) is 51.0 Å². The van der Waals surface area contributed by atoms with Crippen molar-refractivity contribution in [1.82, 2.24) is 10.3 Å². The van der Waals surface area contributed by atoms with Crippen LogP contribution in [0.5, 0.6) is 0 Å². The Morgan fingerprint density at radius 2 is 2.33 bits per heavy atom. The molecule has 0 saturated carbocycles. The maximum absolute atomic E-state index is 4.64. The summed E-state index contributed by atoms with van der Waals surface area (Å²) in [6.45, 7) is 7.97. The topological polar surface area (TPSA) is 28.2 Å². The zero-order valence-corrected chi connectivity index (χ0v) is 12.6. The number of hydrogen-bond donors (Lipinski definition) is 1. The Morgan fingerprint density at radius 1 is 1.50 bits per heavy atom. The minimum atomic E-state index is 0.650. The van der Waals surface area contributed by atoms with Crippen molar-refractivity contribution in [3.8, 4) is 0 Å². The van der Waals surface area contributed by atoms with Gasteiger partial charge in [0.2, 0.25) is 0 Å². The first-order chi connectivity index (χ1) is 8.70. The van der Waals surface area contributed by atoms with Gasteiger partial charge in [-0.1, -0.05) is 6.92 Å². The molecule has 0 aliphatic carbocycles. The van der Waals surface area contributed by atoms with E-state index in [0.717, 1.165) is 22.9 Å². The summed E-state index contributed by atoms with van der Waals surface area (Å²) >= 11 is 3.49. The smallest absolute Gasteiger partial charge is 0.131 e. The lowest BCUT2D eigenvalue weighted by atomic mass is 9.93. The van der Waals surface area contributed by atoms with Crippen LogP contribution in [0.3, 0.4) is 0 Å². The van der Waals surface area contributed by atoms with Gasteiger partial charge in [-0.3, -0.25) is 0 Å². The van der Waals surface area contributed by atoms with Crippen LogP contribution in [0.1, 0.15) is 18.9 Å². The van der Waals surface area contributed by atoms with E-state index in [9.17, 15) is 0 Å². The van der Waals surface area contributed by atoms with E-state index >= 15 is 0 Å². The second-order valence-electron chi connectivity index (χ2n) is 5.50. The molecule has 0 amide bonds. The molecule has 2 fully saturated rings. The number of fused-ring (bicyclic) bond motifs is 1. The van der Waals surface area contributed by atoms with Crippen LogP contribution >= 0.6 is 15.9 Å². The Kier molecular flexibility index (Phi) is 3.32. The Labute approximate surface area is 117 Å². The number of halogens is 1. The first-order valence-electron chi connectivity index (χ1n) is 6.80. The minimum absolute atomic E-state index is 0.650. The van der Waals surface area contributed by atoms with Crippen LogP contribution in [0, 0.1) is 18.8 Å². The van der Waals surface area contributed by atoms with Gasteiger partial charge in [0.1, 0.15) is 5.82 Å². The van der Waals surface area contributed by atoms with Gasteiger partial charge < -0.3 is 10.2 Å². The molecule has 0 bridgehead atoms. The molecule has 3 atom stereocenters. The Bertz CT molecular complexity index is 449. The van der Waals surface area contributed by atoms with Crippen molar-refractivity contribution in [1.29, 1.82) is 0 Å². The monoisotopic (exact) mass is 309 g/mol. The molecular weight excluding hydrogens is 290 g/mol.